The molecule has 2 unspecified atom stereocenters. The summed E-state index contributed by atoms with van der Waals surface area (Å²) in [6.07, 6.45) is 14.1. The lowest BCUT2D eigenvalue weighted by Crippen LogP contribution is -2.51. The van der Waals surface area contributed by atoms with E-state index in [2.05, 4.69) is 31.0 Å². The first kappa shape index (κ1) is 37.7. The van der Waals surface area contributed by atoms with Gasteiger partial charge in [-0.05, 0) is 81.3 Å². The van der Waals surface area contributed by atoms with Crippen molar-refractivity contribution in [2.75, 3.05) is 43.4 Å². The van der Waals surface area contributed by atoms with Crippen LogP contribution >= 0.6 is 13.5 Å². The van der Waals surface area contributed by atoms with E-state index in [1.165, 1.54) is 30.3 Å². The van der Waals surface area contributed by atoms with Crippen LogP contribution in [0.4, 0.5) is 20.3 Å². The van der Waals surface area contributed by atoms with Gasteiger partial charge in [0, 0.05) is 48.0 Å². The lowest BCUT2D eigenvalue weighted by molar-refractivity contribution is 0.108. The van der Waals surface area contributed by atoms with Crippen LogP contribution in [0.25, 0.3) is 32.9 Å². The molecule has 3 aromatic carbocycles. The zero-order valence-corrected chi connectivity index (χ0v) is 31.2. The Kier molecular flexibility index (Phi) is 10.4. The van der Waals surface area contributed by atoms with Gasteiger partial charge in [0.05, 0.1) is 21.4 Å². The van der Waals surface area contributed by atoms with Crippen molar-refractivity contribution in [2.45, 2.75) is 61.0 Å². The number of piperazine rings is 1. The average molecular weight is 774 g/mol. The highest BCUT2D eigenvalue weighted by atomic mass is 32.2. The number of anilines is 2. The standard InChI is InChI=1S/C33H32F2N6O.C6H7NO3S.H2S/c1-2-23-26(34)11-8-20-6-3-7-24(27(20)23)29-28(35)30-25(16-36-29)31(40-17-21-9-10-22(18-40)37-21)39-32(38-30)42-19-33-12-4-14-41(33)15-5-13-33;7-5-2-1-3-6(4-5)11(8,9)10;/h1,3,6-8,11,16,21-22,37H,4-5,9-10,12-15,17-19H2;1-4H,7H2,(H,8,9,10);1H2. The minimum absolute atomic E-state index is 0. The predicted molar refractivity (Wildman–Crippen MR) is 210 cm³/mol. The number of aromatic nitrogens is 3. The van der Waals surface area contributed by atoms with E-state index in [1.807, 2.05) is 6.07 Å². The smallest absolute Gasteiger partial charge is 0.319 e. The number of nitrogens with zero attached hydrogens (tertiary/aromatic N) is 5. The van der Waals surface area contributed by atoms with Crippen molar-refractivity contribution >= 4 is 56.8 Å². The van der Waals surface area contributed by atoms with E-state index in [1.54, 1.807) is 24.4 Å². The number of nitrogen functional groups attached to an aromatic ring is 1. The molecule has 9 rings (SSSR count). The molecule has 11 nitrogen and oxygen atoms in total. The number of fused-ring (bicyclic) bond motifs is 5. The van der Waals surface area contributed by atoms with Gasteiger partial charge in [-0.1, -0.05) is 36.3 Å². The monoisotopic (exact) mass is 773 g/mol. The van der Waals surface area contributed by atoms with E-state index in [0.717, 1.165) is 64.7 Å². The third-order valence-corrected chi connectivity index (χ3v) is 11.8. The lowest BCUT2D eigenvalue weighted by atomic mass is 9.95. The van der Waals surface area contributed by atoms with Crippen LogP contribution in [-0.2, 0) is 10.1 Å². The second kappa shape index (κ2) is 14.9. The molecule has 4 saturated heterocycles. The van der Waals surface area contributed by atoms with Crippen molar-refractivity contribution in [3.63, 3.8) is 0 Å². The van der Waals surface area contributed by atoms with E-state index in [-0.39, 0.29) is 46.7 Å². The molecule has 2 bridgehead atoms. The fourth-order valence-electron chi connectivity index (χ4n) is 8.51. The van der Waals surface area contributed by atoms with Crippen LogP contribution < -0.4 is 20.7 Å². The molecule has 2 aromatic heterocycles. The Labute approximate surface area is 319 Å². The number of nitrogens with one attached hydrogen (secondary N) is 1. The highest BCUT2D eigenvalue weighted by Gasteiger charge is 2.45. The Morgan fingerprint density at radius 3 is 2.43 bits per heavy atom. The van der Waals surface area contributed by atoms with Crippen molar-refractivity contribution in [2.24, 2.45) is 0 Å². The summed E-state index contributed by atoms with van der Waals surface area (Å²) in [7, 11) is -4.11. The van der Waals surface area contributed by atoms with E-state index in [4.69, 9.17) is 26.4 Å². The molecule has 282 valence electrons. The molecule has 0 spiro atoms. The molecule has 2 atom stereocenters. The first-order valence-electron chi connectivity index (χ1n) is 17.8. The topological polar surface area (TPSA) is 147 Å². The minimum Gasteiger partial charge on any atom is -0.461 e. The van der Waals surface area contributed by atoms with Gasteiger partial charge in [-0.3, -0.25) is 14.4 Å². The lowest BCUT2D eigenvalue weighted by Gasteiger charge is -2.34. The van der Waals surface area contributed by atoms with Crippen LogP contribution in [0.1, 0.15) is 44.1 Å². The highest BCUT2D eigenvalue weighted by Crippen LogP contribution is 2.40. The number of nitrogens with two attached hydrogens (primary N) is 1. The van der Waals surface area contributed by atoms with Gasteiger partial charge >= 0.3 is 6.01 Å². The molecule has 54 heavy (non-hydrogen) atoms. The van der Waals surface area contributed by atoms with Crippen molar-refractivity contribution in [1.29, 1.82) is 0 Å². The first-order chi connectivity index (χ1) is 25.5. The van der Waals surface area contributed by atoms with Crippen molar-refractivity contribution < 1.29 is 26.5 Å². The summed E-state index contributed by atoms with van der Waals surface area (Å²) in [4.78, 5) is 18.7. The summed E-state index contributed by atoms with van der Waals surface area (Å²) in [6.45, 7) is 4.21. The van der Waals surface area contributed by atoms with Gasteiger partial charge in [0.2, 0.25) is 0 Å². The zero-order valence-electron chi connectivity index (χ0n) is 29.4. The largest absolute Gasteiger partial charge is 0.461 e. The summed E-state index contributed by atoms with van der Waals surface area (Å²) < 4.78 is 67.3. The molecule has 0 amide bonds. The van der Waals surface area contributed by atoms with Gasteiger partial charge in [-0.15, -0.1) is 6.42 Å². The number of hydrogen-bond donors (Lipinski definition) is 3. The Morgan fingerprint density at radius 1 is 1.04 bits per heavy atom. The Hall–Kier alpha value is -4.59. The molecule has 0 saturated carbocycles. The fourth-order valence-corrected chi connectivity index (χ4v) is 9.05. The summed E-state index contributed by atoms with van der Waals surface area (Å²) >= 11 is 0. The van der Waals surface area contributed by atoms with Crippen LogP contribution in [0.15, 0.2) is 65.7 Å². The molecule has 4 fully saturated rings. The van der Waals surface area contributed by atoms with Gasteiger partial charge in [0.25, 0.3) is 10.1 Å². The first-order valence-corrected chi connectivity index (χ1v) is 19.2. The van der Waals surface area contributed by atoms with Crippen molar-refractivity contribution in [1.82, 2.24) is 25.2 Å². The molecule has 0 aliphatic carbocycles. The van der Waals surface area contributed by atoms with Gasteiger partial charge in [-0.2, -0.15) is 31.9 Å². The summed E-state index contributed by atoms with van der Waals surface area (Å²) in [5.74, 6) is 1.97. The number of benzene rings is 3. The molecule has 5 aromatic rings. The Morgan fingerprint density at radius 2 is 1.76 bits per heavy atom. The van der Waals surface area contributed by atoms with Crippen molar-refractivity contribution in [3.8, 4) is 29.6 Å². The van der Waals surface area contributed by atoms with E-state index in [0.29, 0.717) is 51.9 Å². The predicted octanol–water partition coefficient (Wildman–Crippen LogP) is 5.68. The fraction of sp³-hybridized carbons (Fsp3) is 0.359. The number of pyridine rings is 1. The van der Waals surface area contributed by atoms with Gasteiger partial charge in [0.15, 0.2) is 5.82 Å². The van der Waals surface area contributed by atoms with Gasteiger partial charge in [0.1, 0.15) is 29.5 Å². The van der Waals surface area contributed by atoms with E-state index >= 15 is 4.39 Å². The molecular weight excluding hydrogens is 733 g/mol. The molecule has 0 radical (unpaired) electrons. The van der Waals surface area contributed by atoms with Crippen LogP contribution in [0.3, 0.4) is 0 Å². The Bertz CT molecular complexity index is 2370. The third-order valence-electron chi connectivity index (χ3n) is 11.0. The van der Waals surface area contributed by atoms with E-state index < -0.39 is 21.8 Å². The SMILES string of the molecule is C#Cc1c(F)ccc2cccc(-c3ncc4c(N5CC6CCC(C5)N6)nc(OCC56CCCN5CCC6)nc4c3F)c12.Nc1cccc(S(=O)(=O)O)c1.S. The molecule has 15 heteroatoms. The number of halogens is 2. The highest BCUT2D eigenvalue weighted by molar-refractivity contribution is 7.85. The molecule has 4 N–H and O–H groups in total. The maximum Gasteiger partial charge on any atom is 0.319 e. The van der Waals surface area contributed by atoms with E-state index in [9.17, 15) is 12.8 Å². The second-order valence-electron chi connectivity index (χ2n) is 14.3. The molecule has 4 aliphatic rings. The number of hydrogen-bond acceptors (Lipinski definition) is 10. The number of ether oxygens (including phenoxy) is 1. The molecular formula is C39H41F2N7O4S2. The quantitative estimate of drug-likeness (QED) is 0.111. The van der Waals surface area contributed by atoms with Crippen LogP contribution in [-0.4, -0.2) is 83.2 Å². The van der Waals surface area contributed by atoms with Crippen molar-refractivity contribution in [3.05, 3.63) is 78.0 Å². The van der Waals surface area contributed by atoms with Gasteiger partial charge < -0.3 is 20.7 Å². The number of terminal acetylenes is 1. The summed E-state index contributed by atoms with van der Waals surface area (Å²) in [5.41, 5.74) is 6.32. The summed E-state index contributed by atoms with van der Waals surface area (Å²) in [6, 6.07) is 14.7. The zero-order chi connectivity index (χ0) is 36.9. The van der Waals surface area contributed by atoms with Crippen LogP contribution in [0.5, 0.6) is 6.01 Å². The molecule has 6 heterocycles. The van der Waals surface area contributed by atoms with Crippen LogP contribution in [0, 0.1) is 24.0 Å². The maximum atomic E-state index is 16.7. The normalized spacial score (nSPS) is 20.2. The minimum atomic E-state index is -4.11. The second-order valence-corrected chi connectivity index (χ2v) is 15.7. The average Bonchev–Trinajstić information content (AvgIpc) is 3.84. The third kappa shape index (κ3) is 7.04. The summed E-state index contributed by atoms with van der Waals surface area (Å²) in [5, 5.41) is 5.36. The molecule has 4 aliphatic heterocycles. The number of rotatable bonds is 6. The van der Waals surface area contributed by atoms with Gasteiger partial charge in [-0.25, -0.2) is 8.78 Å². The van der Waals surface area contributed by atoms with Crippen LogP contribution in [0.2, 0.25) is 0 Å². The maximum absolute atomic E-state index is 16.7. The Balaban J connectivity index is 0.000000325.